The van der Waals surface area contributed by atoms with Gasteiger partial charge in [-0.15, -0.1) is 10.2 Å². The standard InChI is InChI=1S/C20H25N7O/c1-12-6-16(7-13(2)24-12)27(3)20-21-11-18(25-26-20)17-5-4-14(8-19(17)28)15-9-22-23-10-15/h4-5,8-13,16,24,28H,6-7H2,1-3H3,(H,22,23). The number of anilines is 1. The highest BCUT2D eigenvalue weighted by atomic mass is 16.3. The van der Waals surface area contributed by atoms with Crippen molar-refractivity contribution in [2.45, 2.75) is 44.8 Å². The first-order valence-corrected chi connectivity index (χ1v) is 9.52. The van der Waals surface area contributed by atoms with E-state index in [0.717, 1.165) is 24.0 Å². The predicted molar refractivity (Wildman–Crippen MR) is 108 cm³/mol. The van der Waals surface area contributed by atoms with Crippen molar-refractivity contribution >= 4 is 5.95 Å². The number of rotatable bonds is 4. The number of benzene rings is 1. The third kappa shape index (κ3) is 3.68. The van der Waals surface area contributed by atoms with Crippen molar-refractivity contribution in [1.82, 2.24) is 30.7 Å². The molecule has 2 unspecified atom stereocenters. The van der Waals surface area contributed by atoms with Gasteiger partial charge < -0.3 is 15.3 Å². The fraction of sp³-hybridized carbons (Fsp3) is 0.400. The first kappa shape index (κ1) is 18.4. The second kappa shape index (κ2) is 7.55. The normalized spacial score (nSPS) is 22.2. The van der Waals surface area contributed by atoms with Gasteiger partial charge in [0.25, 0.3) is 0 Å². The van der Waals surface area contributed by atoms with Crippen molar-refractivity contribution in [2.75, 3.05) is 11.9 Å². The third-order valence-corrected chi connectivity index (χ3v) is 5.34. The molecule has 2 atom stereocenters. The van der Waals surface area contributed by atoms with Crippen LogP contribution in [0.4, 0.5) is 5.95 Å². The second-order valence-corrected chi connectivity index (χ2v) is 7.57. The van der Waals surface area contributed by atoms with Crippen LogP contribution in [0.2, 0.25) is 0 Å². The molecule has 3 N–H and O–H groups in total. The van der Waals surface area contributed by atoms with E-state index >= 15 is 0 Å². The molecule has 146 valence electrons. The van der Waals surface area contributed by atoms with Crippen molar-refractivity contribution in [3.8, 4) is 28.1 Å². The minimum Gasteiger partial charge on any atom is -0.507 e. The Labute approximate surface area is 164 Å². The highest BCUT2D eigenvalue weighted by Crippen LogP contribution is 2.32. The first-order valence-electron chi connectivity index (χ1n) is 9.52. The molecule has 0 radical (unpaired) electrons. The van der Waals surface area contributed by atoms with Crippen LogP contribution in [0.25, 0.3) is 22.4 Å². The van der Waals surface area contributed by atoms with Crippen molar-refractivity contribution < 1.29 is 5.11 Å². The Kier molecular flexibility index (Phi) is 4.95. The van der Waals surface area contributed by atoms with Gasteiger partial charge in [0.1, 0.15) is 11.4 Å². The van der Waals surface area contributed by atoms with Gasteiger partial charge in [-0.25, -0.2) is 4.98 Å². The lowest BCUT2D eigenvalue weighted by atomic mass is 9.94. The Bertz CT molecular complexity index is 916. The lowest BCUT2D eigenvalue weighted by Gasteiger charge is -2.37. The summed E-state index contributed by atoms with van der Waals surface area (Å²) in [7, 11) is 2.02. The van der Waals surface area contributed by atoms with Gasteiger partial charge >= 0.3 is 0 Å². The number of aromatic hydroxyl groups is 1. The van der Waals surface area contributed by atoms with Gasteiger partial charge in [-0.05, 0) is 44.4 Å². The molecule has 1 aliphatic rings. The minimum atomic E-state index is 0.136. The quantitative estimate of drug-likeness (QED) is 0.640. The summed E-state index contributed by atoms with van der Waals surface area (Å²) in [6, 6.07) is 6.74. The molecular weight excluding hydrogens is 354 g/mol. The topological polar surface area (TPSA) is 103 Å². The molecule has 1 saturated heterocycles. The predicted octanol–water partition coefficient (Wildman–Crippen LogP) is 2.60. The highest BCUT2D eigenvalue weighted by Gasteiger charge is 2.27. The molecule has 0 bridgehead atoms. The molecule has 8 heteroatoms. The molecular formula is C20H25N7O. The average molecular weight is 379 g/mol. The van der Waals surface area contributed by atoms with E-state index in [-0.39, 0.29) is 5.75 Å². The number of piperidine rings is 1. The summed E-state index contributed by atoms with van der Waals surface area (Å²) in [5.41, 5.74) is 2.93. The third-order valence-electron chi connectivity index (χ3n) is 5.34. The number of nitrogens with one attached hydrogen (secondary N) is 2. The summed E-state index contributed by atoms with van der Waals surface area (Å²) in [6.45, 7) is 4.41. The Morgan fingerprint density at radius 2 is 1.86 bits per heavy atom. The van der Waals surface area contributed by atoms with E-state index in [2.05, 4.69) is 49.4 Å². The van der Waals surface area contributed by atoms with Crippen LogP contribution >= 0.6 is 0 Å². The summed E-state index contributed by atoms with van der Waals surface area (Å²) in [5.74, 6) is 0.737. The summed E-state index contributed by atoms with van der Waals surface area (Å²) < 4.78 is 0. The molecule has 3 heterocycles. The van der Waals surface area contributed by atoms with E-state index in [4.69, 9.17) is 0 Å². The number of phenols is 1. The molecule has 1 aromatic carbocycles. The molecule has 28 heavy (non-hydrogen) atoms. The van der Waals surface area contributed by atoms with E-state index in [9.17, 15) is 5.11 Å². The molecule has 0 saturated carbocycles. The number of hydrogen-bond acceptors (Lipinski definition) is 7. The number of phenolic OH excluding ortho intramolecular Hbond substituents is 1. The van der Waals surface area contributed by atoms with E-state index in [1.165, 1.54) is 0 Å². The average Bonchev–Trinajstić information content (AvgIpc) is 3.22. The van der Waals surface area contributed by atoms with E-state index in [1.54, 1.807) is 24.7 Å². The van der Waals surface area contributed by atoms with Crippen molar-refractivity contribution in [3.05, 3.63) is 36.8 Å². The number of aromatic nitrogens is 5. The Morgan fingerprint density at radius 1 is 1.07 bits per heavy atom. The van der Waals surface area contributed by atoms with Crippen LogP contribution in [0.5, 0.6) is 5.75 Å². The van der Waals surface area contributed by atoms with Crippen molar-refractivity contribution in [1.29, 1.82) is 0 Å². The van der Waals surface area contributed by atoms with Crippen LogP contribution in [0.3, 0.4) is 0 Å². The fourth-order valence-electron chi connectivity index (χ4n) is 3.90. The lowest BCUT2D eigenvalue weighted by molar-refractivity contribution is 0.309. The molecule has 4 rings (SSSR count). The minimum absolute atomic E-state index is 0.136. The number of nitrogens with zero attached hydrogens (tertiary/aromatic N) is 5. The zero-order valence-corrected chi connectivity index (χ0v) is 16.3. The number of aromatic amines is 1. The van der Waals surface area contributed by atoms with Crippen LogP contribution in [-0.4, -0.2) is 55.7 Å². The maximum Gasteiger partial charge on any atom is 0.245 e. The van der Waals surface area contributed by atoms with Gasteiger partial charge in [-0.1, -0.05) is 6.07 Å². The van der Waals surface area contributed by atoms with Gasteiger partial charge in [-0.2, -0.15) is 5.10 Å². The summed E-state index contributed by atoms with van der Waals surface area (Å²) in [4.78, 5) is 6.60. The van der Waals surface area contributed by atoms with Gasteiger partial charge in [0.15, 0.2) is 0 Å². The molecule has 0 aliphatic carbocycles. The molecule has 0 amide bonds. The van der Waals surface area contributed by atoms with Crippen LogP contribution < -0.4 is 10.2 Å². The van der Waals surface area contributed by atoms with E-state index in [1.807, 2.05) is 19.2 Å². The van der Waals surface area contributed by atoms with Crippen LogP contribution in [0.15, 0.2) is 36.8 Å². The Hall–Kier alpha value is -3.00. The first-order chi connectivity index (χ1) is 13.5. The maximum absolute atomic E-state index is 10.4. The number of H-pyrrole nitrogens is 1. The summed E-state index contributed by atoms with van der Waals surface area (Å²) in [5, 5.41) is 29.3. The summed E-state index contributed by atoms with van der Waals surface area (Å²) in [6.07, 6.45) is 7.25. The molecule has 0 spiro atoms. The van der Waals surface area contributed by atoms with Gasteiger partial charge in [0, 0.05) is 42.5 Å². The second-order valence-electron chi connectivity index (χ2n) is 7.57. The van der Waals surface area contributed by atoms with Crippen molar-refractivity contribution in [2.24, 2.45) is 0 Å². The van der Waals surface area contributed by atoms with Gasteiger partial charge in [0.05, 0.1) is 12.4 Å². The van der Waals surface area contributed by atoms with Crippen LogP contribution in [0.1, 0.15) is 26.7 Å². The maximum atomic E-state index is 10.4. The molecule has 3 aromatic rings. The van der Waals surface area contributed by atoms with E-state index in [0.29, 0.717) is 35.3 Å². The molecule has 8 nitrogen and oxygen atoms in total. The monoisotopic (exact) mass is 379 g/mol. The van der Waals surface area contributed by atoms with E-state index < -0.39 is 0 Å². The largest absolute Gasteiger partial charge is 0.507 e. The summed E-state index contributed by atoms with van der Waals surface area (Å²) >= 11 is 0. The van der Waals surface area contributed by atoms with Crippen molar-refractivity contribution in [3.63, 3.8) is 0 Å². The Morgan fingerprint density at radius 3 is 2.46 bits per heavy atom. The fourth-order valence-corrected chi connectivity index (χ4v) is 3.90. The number of hydrogen-bond donors (Lipinski definition) is 3. The molecule has 1 aliphatic heterocycles. The van der Waals surface area contributed by atoms with Crippen LogP contribution in [-0.2, 0) is 0 Å². The molecule has 2 aromatic heterocycles. The zero-order chi connectivity index (χ0) is 19.7. The van der Waals surface area contributed by atoms with Gasteiger partial charge in [-0.3, -0.25) is 5.10 Å². The van der Waals surface area contributed by atoms with Gasteiger partial charge in [0.2, 0.25) is 5.95 Å². The lowest BCUT2D eigenvalue weighted by Crippen LogP contribution is -2.50. The zero-order valence-electron chi connectivity index (χ0n) is 16.3. The highest BCUT2D eigenvalue weighted by molar-refractivity contribution is 5.73. The molecule has 1 fully saturated rings. The SMILES string of the molecule is CC1CC(N(C)c2ncc(-c3ccc(-c4cn[nH]c4)cc3O)nn2)CC(C)N1. The smallest absolute Gasteiger partial charge is 0.245 e. The van der Waals surface area contributed by atoms with Crippen LogP contribution in [0, 0.1) is 0 Å². The Balaban J connectivity index is 1.53.